The first-order chi connectivity index (χ1) is 12.6. The Labute approximate surface area is 162 Å². The van der Waals surface area contributed by atoms with Crippen molar-refractivity contribution in [2.24, 2.45) is 5.92 Å². The molecule has 2 amide bonds. The van der Waals surface area contributed by atoms with Crippen LogP contribution in [0, 0.1) is 5.92 Å². The second-order valence-electron chi connectivity index (χ2n) is 6.62. The van der Waals surface area contributed by atoms with Gasteiger partial charge >= 0.3 is 0 Å². The normalized spacial score (nSPS) is 14.9. The molecule has 1 heterocycles. The molecule has 1 aliphatic heterocycles. The van der Waals surface area contributed by atoms with Crippen molar-refractivity contribution in [3.63, 3.8) is 0 Å². The number of nitrogens with one attached hydrogen (secondary N) is 1. The van der Waals surface area contributed by atoms with Gasteiger partial charge in [0, 0.05) is 34.7 Å². The molecule has 26 heavy (non-hydrogen) atoms. The minimum atomic E-state index is -0.0470. The zero-order valence-electron chi connectivity index (χ0n) is 14.9. The lowest BCUT2D eigenvalue weighted by Gasteiger charge is -2.31. The van der Waals surface area contributed by atoms with Gasteiger partial charge in [0.25, 0.3) is 5.91 Å². The number of aryl methyl sites for hydroxylation is 1. The second-order valence-corrected chi connectivity index (χ2v) is 7.53. The van der Waals surface area contributed by atoms with E-state index in [-0.39, 0.29) is 17.7 Å². The van der Waals surface area contributed by atoms with Crippen LogP contribution in [-0.4, -0.2) is 29.8 Å². The van der Waals surface area contributed by atoms with Gasteiger partial charge in [0.15, 0.2) is 0 Å². The standard InChI is InChI=1S/C21H23BrN2O2/c1-2-15-4-3-5-19(14-15)23-20(25)16-10-12-24(13-11-16)21(26)17-6-8-18(22)9-7-17/h3-9,14,16H,2,10-13H2,1H3,(H,23,25). The topological polar surface area (TPSA) is 49.4 Å². The Morgan fingerprint density at radius 2 is 1.81 bits per heavy atom. The van der Waals surface area contributed by atoms with Gasteiger partial charge in [0.2, 0.25) is 5.91 Å². The number of hydrogen-bond donors (Lipinski definition) is 1. The minimum Gasteiger partial charge on any atom is -0.339 e. The Morgan fingerprint density at radius 1 is 1.12 bits per heavy atom. The summed E-state index contributed by atoms with van der Waals surface area (Å²) in [4.78, 5) is 26.9. The Balaban J connectivity index is 1.55. The number of carbonyl (C=O) groups excluding carboxylic acids is 2. The maximum Gasteiger partial charge on any atom is 0.253 e. The van der Waals surface area contributed by atoms with Crippen LogP contribution in [0.15, 0.2) is 53.0 Å². The second kappa shape index (κ2) is 8.49. The molecule has 4 nitrogen and oxygen atoms in total. The molecule has 0 unspecified atom stereocenters. The minimum absolute atomic E-state index is 0.0343. The lowest BCUT2D eigenvalue weighted by molar-refractivity contribution is -0.121. The SMILES string of the molecule is CCc1cccc(NC(=O)C2CCN(C(=O)c3ccc(Br)cc3)CC2)c1. The van der Waals surface area contributed by atoms with Crippen molar-refractivity contribution in [1.29, 1.82) is 0 Å². The van der Waals surface area contributed by atoms with Crippen molar-refractivity contribution in [3.05, 3.63) is 64.1 Å². The molecule has 0 saturated carbocycles. The highest BCUT2D eigenvalue weighted by Gasteiger charge is 2.27. The molecule has 1 saturated heterocycles. The van der Waals surface area contributed by atoms with E-state index in [1.54, 1.807) is 0 Å². The predicted molar refractivity (Wildman–Crippen MR) is 107 cm³/mol. The molecule has 1 N–H and O–H groups in total. The van der Waals surface area contributed by atoms with Crippen molar-refractivity contribution in [1.82, 2.24) is 4.90 Å². The molecule has 0 aromatic heterocycles. The van der Waals surface area contributed by atoms with Gasteiger partial charge in [-0.05, 0) is 61.2 Å². The molecule has 3 rings (SSSR count). The van der Waals surface area contributed by atoms with E-state index < -0.39 is 0 Å². The molecule has 0 atom stereocenters. The first-order valence-corrected chi connectivity index (χ1v) is 9.80. The number of hydrogen-bond acceptors (Lipinski definition) is 2. The summed E-state index contributed by atoms with van der Waals surface area (Å²) in [5.74, 6) is 0.0373. The van der Waals surface area contributed by atoms with E-state index >= 15 is 0 Å². The van der Waals surface area contributed by atoms with E-state index in [0.717, 1.165) is 16.6 Å². The van der Waals surface area contributed by atoms with Crippen molar-refractivity contribution in [3.8, 4) is 0 Å². The zero-order valence-corrected chi connectivity index (χ0v) is 16.5. The molecule has 2 aromatic carbocycles. The fourth-order valence-corrected chi connectivity index (χ4v) is 3.50. The van der Waals surface area contributed by atoms with E-state index in [1.165, 1.54) is 5.56 Å². The van der Waals surface area contributed by atoms with Crippen LogP contribution in [0.2, 0.25) is 0 Å². The van der Waals surface area contributed by atoms with Gasteiger partial charge < -0.3 is 10.2 Å². The van der Waals surface area contributed by atoms with Gasteiger partial charge in [-0.15, -0.1) is 0 Å². The van der Waals surface area contributed by atoms with E-state index in [1.807, 2.05) is 47.4 Å². The third-order valence-electron chi connectivity index (χ3n) is 4.85. The predicted octanol–water partition coefficient (Wildman–Crippen LogP) is 4.50. The number of amides is 2. The van der Waals surface area contributed by atoms with Gasteiger partial charge in [0.1, 0.15) is 0 Å². The number of benzene rings is 2. The first-order valence-electron chi connectivity index (χ1n) is 9.01. The first kappa shape index (κ1) is 18.6. The van der Waals surface area contributed by atoms with Crippen LogP contribution < -0.4 is 5.32 Å². The summed E-state index contributed by atoms with van der Waals surface area (Å²) in [5.41, 5.74) is 2.74. The van der Waals surface area contributed by atoms with E-state index in [4.69, 9.17) is 0 Å². The van der Waals surface area contributed by atoms with Gasteiger partial charge in [-0.3, -0.25) is 9.59 Å². The summed E-state index contributed by atoms with van der Waals surface area (Å²) >= 11 is 3.38. The van der Waals surface area contributed by atoms with Crippen molar-refractivity contribution in [2.75, 3.05) is 18.4 Å². The number of anilines is 1. The summed E-state index contributed by atoms with van der Waals surface area (Å²) in [5, 5.41) is 3.02. The maximum atomic E-state index is 12.6. The highest BCUT2D eigenvalue weighted by Crippen LogP contribution is 2.22. The molecule has 1 aliphatic rings. The zero-order chi connectivity index (χ0) is 18.5. The molecule has 0 spiro atoms. The molecule has 0 radical (unpaired) electrons. The van der Waals surface area contributed by atoms with Crippen LogP contribution in [-0.2, 0) is 11.2 Å². The third-order valence-corrected chi connectivity index (χ3v) is 5.38. The average Bonchev–Trinajstić information content (AvgIpc) is 2.68. The van der Waals surface area contributed by atoms with Crippen LogP contribution in [0.1, 0.15) is 35.7 Å². The summed E-state index contributed by atoms with van der Waals surface area (Å²) in [6, 6.07) is 15.4. The number of rotatable bonds is 4. The van der Waals surface area contributed by atoms with Crippen LogP contribution in [0.4, 0.5) is 5.69 Å². The quantitative estimate of drug-likeness (QED) is 0.800. The highest BCUT2D eigenvalue weighted by molar-refractivity contribution is 9.10. The third kappa shape index (κ3) is 4.52. The average molecular weight is 415 g/mol. The van der Waals surface area contributed by atoms with Gasteiger partial charge in [-0.25, -0.2) is 0 Å². The molecular formula is C21H23BrN2O2. The lowest BCUT2D eigenvalue weighted by Crippen LogP contribution is -2.41. The van der Waals surface area contributed by atoms with Crippen molar-refractivity contribution in [2.45, 2.75) is 26.2 Å². The fraction of sp³-hybridized carbons (Fsp3) is 0.333. The van der Waals surface area contributed by atoms with E-state index in [9.17, 15) is 9.59 Å². The Bertz CT molecular complexity index is 781. The Kier molecular flexibility index (Phi) is 6.09. The monoisotopic (exact) mass is 414 g/mol. The van der Waals surface area contributed by atoms with Crippen LogP contribution in [0.25, 0.3) is 0 Å². The number of likely N-dealkylation sites (tertiary alicyclic amines) is 1. The van der Waals surface area contributed by atoms with Gasteiger partial charge in [-0.2, -0.15) is 0 Å². The van der Waals surface area contributed by atoms with Crippen LogP contribution in [0.3, 0.4) is 0 Å². The molecule has 0 bridgehead atoms. The number of piperidine rings is 1. The highest BCUT2D eigenvalue weighted by atomic mass is 79.9. The fourth-order valence-electron chi connectivity index (χ4n) is 3.23. The van der Waals surface area contributed by atoms with Crippen LogP contribution in [0.5, 0.6) is 0 Å². The van der Waals surface area contributed by atoms with Crippen molar-refractivity contribution < 1.29 is 9.59 Å². The number of halogens is 1. The molecular weight excluding hydrogens is 392 g/mol. The maximum absolute atomic E-state index is 12.6. The van der Waals surface area contributed by atoms with E-state index in [0.29, 0.717) is 31.5 Å². The summed E-state index contributed by atoms with van der Waals surface area (Å²) < 4.78 is 0.955. The summed E-state index contributed by atoms with van der Waals surface area (Å²) in [6.45, 7) is 3.32. The van der Waals surface area contributed by atoms with Crippen LogP contribution >= 0.6 is 15.9 Å². The summed E-state index contributed by atoms with van der Waals surface area (Å²) in [7, 11) is 0. The van der Waals surface area contributed by atoms with Gasteiger partial charge in [0.05, 0.1) is 0 Å². The van der Waals surface area contributed by atoms with Crippen molar-refractivity contribution >= 4 is 33.4 Å². The van der Waals surface area contributed by atoms with E-state index in [2.05, 4.69) is 34.2 Å². The molecule has 1 fully saturated rings. The van der Waals surface area contributed by atoms with Gasteiger partial charge in [-0.1, -0.05) is 35.0 Å². The largest absolute Gasteiger partial charge is 0.339 e. The molecule has 0 aliphatic carbocycles. The molecule has 136 valence electrons. The Morgan fingerprint density at radius 3 is 2.46 bits per heavy atom. The number of carbonyl (C=O) groups is 2. The molecule has 2 aromatic rings. The Hall–Kier alpha value is -2.14. The molecule has 5 heteroatoms. The number of nitrogens with zero attached hydrogens (tertiary/aromatic N) is 1. The smallest absolute Gasteiger partial charge is 0.253 e. The summed E-state index contributed by atoms with van der Waals surface area (Å²) in [6.07, 6.45) is 2.34. The lowest BCUT2D eigenvalue weighted by atomic mass is 9.95.